The molecular formula is C15H15N3OS2. The second-order valence-corrected chi connectivity index (χ2v) is 7.55. The van der Waals surface area contributed by atoms with E-state index in [0.29, 0.717) is 17.6 Å². The summed E-state index contributed by atoms with van der Waals surface area (Å²) < 4.78 is 5.45. The van der Waals surface area contributed by atoms with Crippen LogP contribution in [0.5, 0.6) is 0 Å². The molecule has 2 unspecified atom stereocenters. The number of benzene rings is 1. The van der Waals surface area contributed by atoms with E-state index in [1.54, 1.807) is 0 Å². The molecule has 2 heterocycles. The maximum Gasteiger partial charge on any atom is 0.258 e. The molecule has 21 heavy (non-hydrogen) atoms. The van der Waals surface area contributed by atoms with Gasteiger partial charge in [-0.3, -0.25) is 0 Å². The number of thioether (sulfide) groups is 2. The maximum atomic E-state index is 8.91. The van der Waals surface area contributed by atoms with Crippen molar-refractivity contribution in [1.82, 2.24) is 10.1 Å². The van der Waals surface area contributed by atoms with Gasteiger partial charge in [0.1, 0.15) is 0 Å². The van der Waals surface area contributed by atoms with Crippen molar-refractivity contribution >= 4 is 23.5 Å². The molecular weight excluding hydrogens is 302 g/mol. The quantitative estimate of drug-likeness (QED) is 0.860. The number of hydrogen-bond donors (Lipinski definition) is 0. The third-order valence-corrected chi connectivity index (χ3v) is 6.49. The van der Waals surface area contributed by atoms with Gasteiger partial charge in [0.2, 0.25) is 0 Å². The highest BCUT2D eigenvalue weighted by atomic mass is 32.2. The van der Waals surface area contributed by atoms with Gasteiger partial charge in [-0.1, -0.05) is 30.3 Å². The van der Waals surface area contributed by atoms with Crippen molar-refractivity contribution in [2.75, 3.05) is 11.5 Å². The first-order valence-corrected chi connectivity index (χ1v) is 8.91. The number of nitrogens with zero attached hydrogens (tertiary/aromatic N) is 3. The molecule has 0 bridgehead atoms. The van der Waals surface area contributed by atoms with Crippen molar-refractivity contribution in [2.45, 2.75) is 23.8 Å². The minimum absolute atomic E-state index is 0.282. The molecule has 1 aliphatic heterocycles. The summed E-state index contributed by atoms with van der Waals surface area (Å²) in [7, 11) is 0. The fraction of sp³-hybridized carbons (Fsp3) is 0.400. The Morgan fingerprint density at radius 2 is 2.14 bits per heavy atom. The third kappa shape index (κ3) is 3.09. The molecule has 4 nitrogen and oxygen atoms in total. The first-order valence-electron chi connectivity index (χ1n) is 6.81. The Morgan fingerprint density at radius 1 is 1.33 bits per heavy atom. The molecule has 1 aromatic carbocycles. The SMILES string of the molecule is CC1SCCSC1c1noc(-c2ccccc2CC#N)n1. The van der Waals surface area contributed by atoms with Gasteiger partial charge in [0.25, 0.3) is 5.89 Å². The van der Waals surface area contributed by atoms with Crippen LogP contribution in [0.15, 0.2) is 28.8 Å². The van der Waals surface area contributed by atoms with E-state index < -0.39 is 0 Å². The van der Waals surface area contributed by atoms with Crippen LogP contribution in [0.1, 0.15) is 23.6 Å². The van der Waals surface area contributed by atoms with Crippen molar-refractivity contribution in [3.63, 3.8) is 0 Å². The molecule has 2 atom stereocenters. The van der Waals surface area contributed by atoms with E-state index in [9.17, 15) is 0 Å². The van der Waals surface area contributed by atoms with Crippen molar-refractivity contribution in [2.24, 2.45) is 0 Å². The molecule has 0 spiro atoms. The van der Waals surface area contributed by atoms with Crippen molar-refractivity contribution < 1.29 is 4.52 Å². The average molecular weight is 317 g/mol. The highest BCUT2D eigenvalue weighted by Crippen LogP contribution is 2.41. The summed E-state index contributed by atoms with van der Waals surface area (Å²) in [6, 6.07) is 9.87. The smallest absolute Gasteiger partial charge is 0.258 e. The Morgan fingerprint density at radius 3 is 2.95 bits per heavy atom. The molecule has 0 N–H and O–H groups in total. The van der Waals surface area contributed by atoms with Crippen LogP contribution in [0.25, 0.3) is 11.5 Å². The van der Waals surface area contributed by atoms with E-state index in [1.165, 1.54) is 5.75 Å². The van der Waals surface area contributed by atoms with Gasteiger partial charge >= 0.3 is 0 Å². The Kier molecular flexibility index (Phi) is 4.51. The Hall–Kier alpha value is -1.45. The first-order chi connectivity index (χ1) is 10.3. The lowest BCUT2D eigenvalue weighted by Gasteiger charge is -2.24. The molecule has 1 fully saturated rings. The van der Waals surface area contributed by atoms with Crippen LogP contribution in [0.2, 0.25) is 0 Å². The lowest BCUT2D eigenvalue weighted by Crippen LogP contribution is -2.16. The predicted molar refractivity (Wildman–Crippen MR) is 86.2 cm³/mol. The largest absolute Gasteiger partial charge is 0.334 e. The molecule has 1 aromatic heterocycles. The van der Waals surface area contributed by atoms with Gasteiger partial charge in [-0.2, -0.15) is 22.0 Å². The summed E-state index contributed by atoms with van der Waals surface area (Å²) in [6.45, 7) is 2.21. The molecule has 0 saturated carbocycles. The van der Waals surface area contributed by atoms with Gasteiger partial charge in [0.05, 0.1) is 17.7 Å². The topological polar surface area (TPSA) is 62.7 Å². The second-order valence-electron chi connectivity index (χ2n) is 4.82. The average Bonchev–Trinajstić information content (AvgIpc) is 2.98. The zero-order chi connectivity index (χ0) is 14.7. The van der Waals surface area contributed by atoms with Gasteiger partial charge in [-0.15, -0.1) is 11.8 Å². The van der Waals surface area contributed by atoms with Crippen LogP contribution in [0.3, 0.4) is 0 Å². The van der Waals surface area contributed by atoms with E-state index in [0.717, 1.165) is 22.7 Å². The summed E-state index contributed by atoms with van der Waals surface area (Å²) in [4.78, 5) is 4.58. The standard InChI is InChI=1S/C15H15N3OS2/c1-10-13(21-9-8-20-10)14-17-15(19-18-14)12-5-3-2-4-11(12)6-7-16/h2-5,10,13H,6,8-9H2,1H3. The zero-order valence-corrected chi connectivity index (χ0v) is 13.3. The molecule has 6 heteroatoms. The van der Waals surface area contributed by atoms with Crippen LogP contribution in [-0.4, -0.2) is 26.9 Å². The minimum atomic E-state index is 0.282. The van der Waals surface area contributed by atoms with Crippen LogP contribution in [-0.2, 0) is 6.42 Å². The molecule has 0 radical (unpaired) electrons. The lowest BCUT2D eigenvalue weighted by molar-refractivity contribution is 0.421. The van der Waals surface area contributed by atoms with Gasteiger partial charge in [0, 0.05) is 22.3 Å². The zero-order valence-electron chi connectivity index (χ0n) is 11.7. The molecule has 108 valence electrons. The van der Waals surface area contributed by atoms with Crippen molar-refractivity contribution in [1.29, 1.82) is 5.26 Å². The maximum absolute atomic E-state index is 8.91. The third-order valence-electron chi connectivity index (χ3n) is 3.40. The Labute approximate surface area is 132 Å². The van der Waals surface area contributed by atoms with Gasteiger partial charge < -0.3 is 4.52 Å². The van der Waals surface area contributed by atoms with Crippen LogP contribution >= 0.6 is 23.5 Å². The molecule has 1 saturated heterocycles. The van der Waals surface area contributed by atoms with Crippen molar-refractivity contribution in [3.05, 3.63) is 35.7 Å². The highest BCUT2D eigenvalue weighted by molar-refractivity contribution is 8.06. The van der Waals surface area contributed by atoms with Crippen LogP contribution in [0.4, 0.5) is 0 Å². The molecule has 0 amide bonds. The van der Waals surface area contributed by atoms with E-state index in [1.807, 2.05) is 47.8 Å². The highest BCUT2D eigenvalue weighted by Gasteiger charge is 2.28. The summed E-state index contributed by atoms with van der Waals surface area (Å²) in [5.74, 6) is 3.58. The minimum Gasteiger partial charge on any atom is -0.334 e. The fourth-order valence-electron chi connectivity index (χ4n) is 2.34. The first kappa shape index (κ1) is 14.5. The van der Waals surface area contributed by atoms with E-state index in [4.69, 9.17) is 9.78 Å². The molecule has 1 aliphatic rings. The Bertz CT molecular complexity index is 665. The molecule has 2 aromatic rings. The lowest BCUT2D eigenvalue weighted by atomic mass is 10.1. The second kappa shape index (κ2) is 6.54. The summed E-state index contributed by atoms with van der Waals surface area (Å²) in [5, 5.41) is 13.8. The van der Waals surface area contributed by atoms with E-state index >= 15 is 0 Å². The van der Waals surface area contributed by atoms with Gasteiger partial charge in [-0.05, 0) is 11.6 Å². The molecule has 0 aliphatic carbocycles. The summed E-state index contributed by atoms with van der Waals surface area (Å²) >= 11 is 3.84. The summed E-state index contributed by atoms with van der Waals surface area (Å²) in [5.41, 5.74) is 1.79. The van der Waals surface area contributed by atoms with Crippen LogP contribution < -0.4 is 0 Å². The molecule has 3 rings (SSSR count). The van der Waals surface area contributed by atoms with Gasteiger partial charge in [-0.25, -0.2) is 0 Å². The summed E-state index contributed by atoms with van der Waals surface area (Å²) in [6.07, 6.45) is 0.346. The predicted octanol–water partition coefficient (Wildman–Crippen LogP) is 3.71. The Balaban J connectivity index is 1.90. The normalized spacial score (nSPS) is 21.9. The van der Waals surface area contributed by atoms with Crippen LogP contribution in [0, 0.1) is 11.3 Å². The number of hydrogen-bond acceptors (Lipinski definition) is 6. The number of rotatable bonds is 3. The number of aromatic nitrogens is 2. The van der Waals surface area contributed by atoms with Gasteiger partial charge in [0.15, 0.2) is 5.82 Å². The van der Waals surface area contributed by atoms with Crippen molar-refractivity contribution in [3.8, 4) is 17.5 Å². The van der Waals surface area contributed by atoms with E-state index in [-0.39, 0.29) is 5.25 Å². The van der Waals surface area contributed by atoms with E-state index in [2.05, 4.69) is 23.1 Å². The number of nitriles is 1. The fourth-order valence-corrected chi connectivity index (χ4v) is 5.02. The monoisotopic (exact) mass is 317 g/mol.